The van der Waals surface area contributed by atoms with E-state index in [1.165, 1.54) is 17.7 Å². The predicted octanol–water partition coefficient (Wildman–Crippen LogP) is 1.55. The SMILES string of the molecule is CC(C#N)CNC1CCCc2c1cnn2C. The van der Waals surface area contributed by atoms with E-state index in [0.717, 1.165) is 19.4 Å². The maximum absolute atomic E-state index is 8.76. The highest BCUT2D eigenvalue weighted by atomic mass is 15.3. The number of fused-ring (bicyclic) bond motifs is 1. The molecule has 1 aliphatic carbocycles. The van der Waals surface area contributed by atoms with Crippen LogP contribution in [0.4, 0.5) is 0 Å². The fourth-order valence-corrected chi connectivity index (χ4v) is 2.28. The minimum Gasteiger partial charge on any atom is -0.309 e. The summed E-state index contributed by atoms with van der Waals surface area (Å²) in [7, 11) is 2.00. The van der Waals surface area contributed by atoms with Gasteiger partial charge in [-0.2, -0.15) is 10.4 Å². The molecule has 86 valence electrons. The summed E-state index contributed by atoms with van der Waals surface area (Å²) in [6.45, 7) is 2.70. The van der Waals surface area contributed by atoms with Gasteiger partial charge in [0.1, 0.15) is 0 Å². The molecule has 2 atom stereocenters. The van der Waals surface area contributed by atoms with Crippen molar-refractivity contribution in [2.45, 2.75) is 32.2 Å². The number of hydrogen-bond donors (Lipinski definition) is 1. The molecular weight excluding hydrogens is 200 g/mol. The van der Waals surface area contributed by atoms with E-state index in [1.54, 1.807) is 0 Å². The highest BCUT2D eigenvalue weighted by Crippen LogP contribution is 2.28. The molecule has 0 saturated heterocycles. The molecule has 16 heavy (non-hydrogen) atoms. The third-order valence-corrected chi connectivity index (χ3v) is 3.27. The van der Waals surface area contributed by atoms with E-state index in [-0.39, 0.29) is 5.92 Å². The molecule has 0 radical (unpaired) electrons. The molecule has 0 aromatic carbocycles. The Labute approximate surface area is 96.3 Å². The maximum Gasteiger partial charge on any atom is 0.0666 e. The van der Waals surface area contributed by atoms with Crippen LogP contribution in [0, 0.1) is 17.2 Å². The smallest absolute Gasteiger partial charge is 0.0666 e. The summed E-state index contributed by atoms with van der Waals surface area (Å²) in [5.74, 6) is 0.0713. The van der Waals surface area contributed by atoms with Crippen LogP contribution >= 0.6 is 0 Å². The monoisotopic (exact) mass is 218 g/mol. The number of nitrogens with one attached hydrogen (secondary N) is 1. The molecule has 1 aromatic rings. The lowest BCUT2D eigenvalue weighted by Crippen LogP contribution is -2.28. The van der Waals surface area contributed by atoms with Crippen LogP contribution in [-0.4, -0.2) is 16.3 Å². The second kappa shape index (κ2) is 4.67. The zero-order valence-corrected chi connectivity index (χ0v) is 9.90. The highest BCUT2D eigenvalue weighted by Gasteiger charge is 2.23. The van der Waals surface area contributed by atoms with Gasteiger partial charge in [-0.15, -0.1) is 0 Å². The Kier molecular flexibility index (Phi) is 3.25. The third-order valence-electron chi connectivity index (χ3n) is 3.27. The molecule has 1 N–H and O–H groups in total. The van der Waals surface area contributed by atoms with Crippen LogP contribution in [0.25, 0.3) is 0 Å². The molecule has 0 saturated carbocycles. The van der Waals surface area contributed by atoms with Crippen LogP contribution in [0.3, 0.4) is 0 Å². The van der Waals surface area contributed by atoms with Crippen molar-refractivity contribution in [1.82, 2.24) is 15.1 Å². The first-order valence-electron chi connectivity index (χ1n) is 5.86. The molecule has 0 fully saturated rings. The van der Waals surface area contributed by atoms with Gasteiger partial charge in [0.15, 0.2) is 0 Å². The van der Waals surface area contributed by atoms with Crippen LogP contribution in [0.2, 0.25) is 0 Å². The Morgan fingerprint density at radius 1 is 1.75 bits per heavy atom. The van der Waals surface area contributed by atoms with E-state index in [2.05, 4.69) is 16.5 Å². The van der Waals surface area contributed by atoms with Crippen LogP contribution in [0.5, 0.6) is 0 Å². The van der Waals surface area contributed by atoms with Crippen LogP contribution < -0.4 is 5.32 Å². The number of nitrogens with zero attached hydrogens (tertiary/aromatic N) is 3. The average molecular weight is 218 g/mol. The summed E-state index contributed by atoms with van der Waals surface area (Å²) in [6.07, 6.45) is 5.43. The number of nitriles is 1. The first-order valence-corrected chi connectivity index (χ1v) is 5.86. The van der Waals surface area contributed by atoms with Crippen molar-refractivity contribution in [2.24, 2.45) is 13.0 Å². The molecule has 4 heteroatoms. The van der Waals surface area contributed by atoms with Crippen molar-refractivity contribution < 1.29 is 0 Å². The summed E-state index contributed by atoms with van der Waals surface area (Å²) in [5, 5.41) is 16.5. The Morgan fingerprint density at radius 3 is 3.31 bits per heavy atom. The number of rotatable bonds is 3. The van der Waals surface area contributed by atoms with Crippen molar-refractivity contribution in [3.05, 3.63) is 17.5 Å². The molecule has 2 rings (SSSR count). The largest absolute Gasteiger partial charge is 0.309 e. The first-order chi connectivity index (χ1) is 7.72. The summed E-state index contributed by atoms with van der Waals surface area (Å²) < 4.78 is 1.97. The Balaban J connectivity index is 2.05. The van der Waals surface area contributed by atoms with Gasteiger partial charge < -0.3 is 5.32 Å². The molecule has 1 aliphatic rings. The second-order valence-electron chi connectivity index (χ2n) is 4.55. The van der Waals surface area contributed by atoms with Crippen LogP contribution in [0.15, 0.2) is 6.20 Å². The molecule has 1 heterocycles. The normalized spacial score (nSPS) is 21.2. The molecule has 4 nitrogen and oxygen atoms in total. The summed E-state index contributed by atoms with van der Waals surface area (Å²) >= 11 is 0. The summed E-state index contributed by atoms with van der Waals surface area (Å²) in [5.41, 5.74) is 2.66. The van der Waals surface area contributed by atoms with Gasteiger partial charge in [-0.1, -0.05) is 0 Å². The van der Waals surface area contributed by atoms with E-state index in [9.17, 15) is 0 Å². The van der Waals surface area contributed by atoms with Crippen molar-refractivity contribution >= 4 is 0 Å². The lowest BCUT2D eigenvalue weighted by Gasteiger charge is -2.24. The molecule has 0 aliphatic heterocycles. The molecule has 2 unspecified atom stereocenters. The highest BCUT2D eigenvalue weighted by molar-refractivity contribution is 5.24. The second-order valence-corrected chi connectivity index (χ2v) is 4.55. The van der Waals surface area contributed by atoms with Crippen molar-refractivity contribution in [3.63, 3.8) is 0 Å². The van der Waals surface area contributed by atoms with Crippen LogP contribution in [-0.2, 0) is 13.5 Å². The van der Waals surface area contributed by atoms with E-state index >= 15 is 0 Å². The van der Waals surface area contributed by atoms with E-state index in [4.69, 9.17) is 5.26 Å². The average Bonchev–Trinajstić information content (AvgIpc) is 2.69. The fraction of sp³-hybridized carbons (Fsp3) is 0.667. The van der Waals surface area contributed by atoms with Gasteiger partial charge in [0, 0.05) is 30.9 Å². The summed E-state index contributed by atoms with van der Waals surface area (Å²) in [6, 6.07) is 2.63. The van der Waals surface area contributed by atoms with Gasteiger partial charge in [0.25, 0.3) is 0 Å². The van der Waals surface area contributed by atoms with E-state index in [0.29, 0.717) is 6.04 Å². The fourth-order valence-electron chi connectivity index (χ4n) is 2.28. The predicted molar refractivity (Wildman–Crippen MR) is 61.7 cm³/mol. The minimum absolute atomic E-state index is 0.0713. The molecule has 0 bridgehead atoms. The zero-order valence-electron chi connectivity index (χ0n) is 9.90. The maximum atomic E-state index is 8.76. The van der Waals surface area contributed by atoms with Crippen molar-refractivity contribution in [1.29, 1.82) is 5.26 Å². The van der Waals surface area contributed by atoms with Gasteiger partial charge in [-0.05, 0) is 26.2 Å². The lowest BCUT2D eigenvalue weighted by atomic mass is 9.92. The van der Waals surface area contributed by atoms with Crippen LogP contribution in [0.1, 0.15) is 37.1 Å². The number of aromatic nitrogens is 2. The Bertz CT molecular complexity index is 402. The molecule has 0 amide bonds. The van der Waals surface area contributed by atoms with Gasteiger partial charge in [0.2, 0.25) is 0 Å². The quantitative estimate of drug-likeness (QED) is 0.837. The van der Waals surface area contributed by atoms with Gasteiger partial charge in [-0.3, -0.25) is 4.68 Å². The third kappa shape index (κ3) is 2.10. The first kappa shape index (κ1) is 11.2. The van der Waals surface area contributed by atoms with Crippen molar-refractivity contribution in [3.8, 4) is 6.07 Å². The molecule has 0 spiro atoms. The Morgan fingerprint density at radius 2 is 2.56 bits per heavy atom. The zero-order chi connectivity index (χ0) is 11.5. The Hall–Kier alpha value is -1.34. The minimum atomic E-state index is 0.0713. The lowest BCUT2D eigenvalue weighted by molar-refractivity contribution is 0.436. The summed E-state index contributed by atoms with van der Waals surface area (Å²) in [4.78, 5) is 0. The van der Waals surface area contributed by atoms with Gasteiger partial charge in [0.05, 0.1) is 18.2 Å². The van der Waals surface area contributed by atoms with E-state index < -0.39 is 0 Å². The standard InChI is InChI=1S/C12H18N4/c1-9(6-13)7-14-11-4-3-5-12-10(11)8-15-16(12)2/h8-9,11,14H,3-5,7H2,1-2H3. The van der Waals surface area contributed by atoms with Crippen molar-refractivity contribution in [2.75, 3.05) is 6.54 Å². The molecular formula is C12H18N4. The van der Waals surface area contributed by atoms with Gasteiger partial charge >= 0.3 is 0 Å². The number of hydrogen-bond acceptors (Lipinski definition) is 3. The van der Waals surface area contributed by atoms with E-state index in [1.807, 2.05) is 24.9 Å². The van der Waals surface area contributed by atoms with Gasteiger partial charge in [-0.25, -0.2) is 0 Å². The number of aryl methyl sites for hydroxylation is 1. The molecule has 1 aromatic heterocycles. The topological polar surface area (TPSA) is 53.6 Å².